The quantitative estimate of drug-likeness (QED) is 0.810. The Labute approximate surface area is 134 Å². The first-order valence-electron chi connectivity index (χ1n) is 6.79. The van der Waals surface area contributed by atoms with E-state index in [9.17, 15) is 8.42 Å². The second kappa shape index (κ2) is 7.02. The van der Waals surface area contributed by atoms with Gasteiger partial charge in [0.05, 0.1) is 6.04 Å². The lowest BCUT2D eigenvalue weighted by Crippen LogP contribution is -2.28. The van der Waals surface area contributed by atoms with Crippen molar-refractivity contribution in [3.05, 3.63) is 38.2 Å². The SMILES string of the molecule is CCNCc1scc(C)c1S(=O)(=O)NC(C)c1cccs1. The summed E-state index contributed by atoms with van der Waals surface area (Å²) in [7, 11) is -3.51. The number of aryl methyl sites for hydroxylation is 1. The lowest BCUT2D eigenvalue weighted by molar-refractivity contribution is 0.566. The molecule has 2 aromatic heterocycles. The van der Waals surface area contributed by atoms with Gasteiger partial charge in [0, 0.05) is 16.3 Å². The molecule has 0 saturated heterocycles. The summed E-state index contributed by atoms with van der Waals surface area (Å²) in [6.45, 7) is 7.12. The summed E-state index contributed by atoms with van der Waals surface area (Å²) < 4.78 is 28.1. The Hall–Kier alpha value is -0.730. The summed E-state index contributed by atoms with van der Waals surface area (Å²) >= 11 is 3.04. The highest BCUT2D eigenvalue weighted by atomic mass is 32.2. The highest BCUT2D eigenvalue weighted by Crippen LogP contribution is 2.29. The Morgan fingerprint density at radius 2 is 2.10 bits per heavy atom. The molecule has 1 atom stereocenters. The number of sulfonamides is 1. The number of nitrogens with one attached hydrogen (secondary N) is 2. The number of hydrogen-bond donors (Lipinski definition) is 2. The molecule has 0 saturated carbocycles. The minimum Gasteiger partial charge on any atom is -0.312 e. The third kappa shape index (κ3) is 3.92. The maximum atomic E-state index is 12.7. The zero-order chi connectivity index (χ0) is 15.5. The van der Waals surface area contributed by atoms with E-state index in [2.05, 4.69) is 10.0 Å². The maximum Gasteiger partial charge on any atom is 0.242 e. The number of thiophene rings is 2. The predicted molar refractivity (Wildman–Crippen MR) is 89.5 cm³/mol. The summed E-state index contributed by atoms with van der Waals surface area (Å²) in [5.74, 6) is 0. The molecule has 2 rings (SSSR count). The van der Waals surface area contributed by atoms with Gasteiger partial charge >= 0.3 is 0 Å². The van der Waals surface area contributed by atoms with Gasteiger partial charge in [-0.05, 0) is 42.8 Å². The van der Waals surface area contributed by atoms with E-state index in [4.69, 9.17) is 0 Å². The summed E-state index contributed by atoms with van der Waals surface area (Å²) in [4.78, 5) is 2.30. The minimum absolute atomic E-state index is 0.221. The van der Waals surface area contributed by atoms with E-state index >= 15 is 0 Å². The van der Waals surface area contributed by atoms with Crippen molar-refractivity contribution in [3.8, 4) is 0 Å². The Morgan fingerprint density at radius 1 is 1.33 bits per heavy atom. The Balaban J connectivity index is 2.25. The monoisotopic (exact) mass is 344 g/mol. The van der Waals surface area contributed by atoms with Gasteiger partial charge in [0.25, 0.3) is 0 Å². The van der Waals surface area contributed by atoms with Gasteiger partial charge in [-0.15, -0.1) is 22.7 Å². The van der Waals surface area contributed by atoms with Gasteiger partial charge in [0.1, 0.15) is 4.90 Å². The van der Waals surface area contributed by atoms with E-state index in [1.54, 1.807) is 11.3 Å². The highest BCUT2D eigenvalue weighted by Gasteiger charge is 2.25. The fourth-order valence-electron chi connectivity index (χ4n) is 2.10. The number of rotatable bonds is 7. The van der Waals surface area contributed by atoms with Gasteiger partial charge in [-0.1, -0.05) is 13.0 Å². The Kier molecular flexibility index (Phi) is 5.56. The van der Waals surface area contributed by atoms with Crippen LogP contribution in [0.5, 0.6) is 0 Å². The van der Waals surface area contributed by atoms with E-state index in [0.29, 0.717) is 11.4 Å². The molecule has 2 aromatic rings. The van der Waals surface area contributed by atoms with Crippen LogP contribution in [-0.4, -0.2) is 15.0 Å². The van der Waals surface area contributed by atoms with E-state index < -0.39 is 10.0 Å². The van der Waals surface area contributed by atoms with Crippen LogP contribution in [0.2, 0.25) is 0 Å². The topological polar surface area (TPSA) is 58.2 Å². The third-order valence-electron chi connectivity index (χ3n) is 3.10. The fourth-order valence-corrected chi connectivity index (χ4v) is 5.91. The molecule has 0 aliphatic heterocycles. The van der Waals surface area contributed by atoms with Crippen molar-refractivity contribution in [1.82, 2.24) is 10.0 Å². The first-order valence-corrected chi connectivity index (χ1v) is 10.0. The fraction of sp³-hybridized carbons (Fsp3) is 0.429. The lowest BCUT2D eigenvalue weighted by atomic mass is 10.3. The van der Waals surface area contributed by atoms with Crippen LogP contribution in [0.3, 0.4) is 0 Å². The highest BCUT2D eigenvalue weighted by molar-refractivity contribution is 7.89. The second-order valence-electron chi connectivity index (χ2n) is 4.81. The van der Waals surface area contributed by atoms with E-state index in [0.717, 1.165) is 21.9 Å². The average molecular weight is 345 g/mol. The Morgan fingerprint density at radius 3 is 2.71 bits per heavy atom. The van der Waals surface area contributed by atoms with Gasteiger partial charge < -0.3 is 5.32 Å². The molecule has 0 radical (unpaired) electrons. The van der Waals surface area contributed by atoms with Crippen molar-refractivity contribution in [2.45, 2.75) is 38.3 Å². The van der Waals surface area contributed by atoms with Crippen molar-refractivity contribution in [1.29, 1.82) is 0 Å². The van der Waals surface area contributed by atoms with Gasteiger partial charge in [-0.2, -0.15) is 0 Å². The Bertz CT molecular complexity index is 675. The van der Waals surface area contributed by atoms with Gasteiger partial charge in [0.2, 0.25) is 10.0 Å². The molecule has 0 amide bonds. The van der Waals surface area contributed by atoms with Crippen LogP contribution in [0.25, 0.3) is 0 Å². The summed E-state index contributed by atoms with van der Waals surface area (Å²) in [5, 5.41) is 7.04. The second-order valence-corrected chi connectivity index (χ2v) is 8.40. The van der Waals surface area contributed by atoms with Crippen LogP contribution in [0.4, 0.5) is 0 Å². The average Bonchev–Trinajstić information content (AvgIpc) is 3.05. The molecule has 0 fully saturated rings. The molecule has 7 heteroatoms. The third-order valence-corrected chi connectivity index (χ3v) is 7.15. The van der Waals surface area contributed by atoms with Crippen LogP contribution in [0, 0.1) is 6.92 Å². The van der Waals surface area contributed by atoms with E-state index in [1.165, 1.54) is 11.3 Å². The predicted octanol–water partition coefficient (Wildman–Crippen LogP) is 3.27. The molecule has 0 aliphatic rings. The minimum atomic E-state index is -3.51. The van der Waals surface area contributed by atoms with Crippen molar-refractivity contribution in [2.75, 3.05) is 6.54 Å². The molecular formula is C14H20N2O2S3. The first-order chi connectivity index (χ1) is 9.95. The molecule has 0 spiro atoms. The molecule has 2 N–H and O–H groups in total. The van der Waals surface area contributed by atoms with Gasteiger partial charge in [-0.3, -0.25) is 0 Å². The van der Waals surface area contributed by atoms with Crippen molar-refractivity contribution in [3.63, 3.8) is 0 Å². The van der Waals surface area contributed by atoms with Crippen LogP contribution in [-0.2, 0) is 16.6 Å². The summed E-state index contributed by atoms with van der Waals surface area (Å²) in [5.41, 5.74) is 0.804. The van der Waals surface area contributed by atoms with E-state index in [-0.39, 0.29) is 6.04 Å². The molecule has 0 aliphatic carbocycles. The van der Waals surface area contributed by atoms with E-state index in [1.807, 2.05) is 43.7 Å². The zero-order valence-corrected chi connectivity index (χ0v) is 14.8. The molecule has 4 nitrogen and oxygen atoms in total. The summed E-state index contributed by atoms with van der Waals surface area (Å²) in [6, 6.07) is 3.65. The zero-order valence-electron chi connectivity index (χ0n) is 12.3. The van der Waals surface area contributed by atoms with Crippen molar-refractivity contribution < 1.29 is 8.42 Å². The van der Waals surface area contributed by atoms with Gasteiger partial charge in [0.15, 0.2) is 0 Å². The summed E-state index contributed by atoms with van der Waals surface area (Å²) in [6.07, 6.45) is 0. The van der Waals surface area contributed by atoms with Crippen LogP contribution in [0.1, 0.15) is 35.2 Å². The molecule has 0 aromatic carbocycles. The standard InChI is InChI=1S/C14H20N2O2S3/c1-4-15-8-13-14(10(2)9-20-13)21(17,18)16-11(3)12-6-5-7-19-12/h5-7,9,11,15-16H,4,8H2,1-3H3. The number of hydrogen-bond acceptors (Lipinski definition) is 5. The molecule has 116 valence electrons. The molecule has 21 heavy (non-hydrogen) atoms. The smallest absolute Gasteiger partial charge is 0.242 e. The molecule has 2 heterocycles. The molecular weight excluding hydrogens is 324 g/mol. The van der Waals surface area contributed by atoms with Crippen LogP contribution in [0.15, 0.2) is 27.8 Å². The molecule has 0 bridgehead atoms. The van der Waals surface area contributed by atoms with Crippen molar-refractivity contribution in [2.24, 2.45) is 0 Å². The van der Waals surface area contributed by atoms with Crippen molar-refractivity contribution >= 4 is 32.7 Å². The maximum absolute atomic E-state index is 12.7. The van der Waals surface area contributed by atoms with Gasteiger partial charge in [-0.25, -0.2) is 13.1 Å². The largest absolute Gasteiger partial charge is 0.312 e. The molecule has 1 unspecified atom stereocenters. The van der Waals surface area contributed by atoms with Crippen LogP contribution >= 0.6 is 22.7 Å². The first kappa shape index (κ1) is 16.6. The lowest BCUT2D eigenvalue weighted by Gasteiger charge is -2.14. The normalized spacial score (nSPS) is 13.5. The van der Waals surface area contributed by atoms with Crippen LogP contribution < -0.4 is 10.0 Å².